The molecule has 4 unspecified atom stereocenters. The van der Waals surface area contributed by atoms with Gasteiger partial charge in [0.1, 0.15) is 0 Å². The zero-order valence-electron chi connectivity index (χ0n) is 15.9. The van der Waals surface area contributed by atoms with E-state index in [-0.39, 0.29) is 29.1 Å². The minimum absolute atomic E-state index is 0.0991. The number of fused-ring (bicyclic) bond motifs is 2. The molecule has 3 rings (SSSR count). The first-order chi connectivity index (χ1) is 12.9. The van der Waals surface area contributed by atoms with Crippen LogP contribution in [0.3, 0.4) is 0 Å². The van der Waals surface area contributed by atoms with Crippen LogP contribution in [0.5, 0.6) is 11.5 Å². The fourth-order valence-corrected chi connectivity index (χ4v) is 4.85. The SMILES string of the molecule is COc1cc(C(=O)OCC(=O)NC(C)C2CC3CCC2C3)cc(Cl)c1OC. The molecule has 1 amide bonds. The van der Waals surface area contributed by atoms with Gasteiger partial charge in [-0.2, -0.15) is 0 Å². The maximum atomic E-state index is 12.3. The van der Waals surface area contributed by atoms with Gasteiger partial charge in [-0.3, -0.25) is 4.79 Å². The summed E-state index contributed by atoms with van der Waals surface area (Å²) in [6.07, 6.45) is 5.08. The van der Waals surface area contributed by atoms with Crippen molar-refractivity contribution in [2.75, 3.05) is 20.8 Å². The van der Waals surface area contributed by atoms with Gasteiger partial charge in [0.05, 0.1) is 24.8 Å². The number of rotatable bonds is 7. The Hall–Kier alpha value is -1.95. The van der Waals surface area contributed by atoms with Crippen LogP contribution in [0.2, 0.25) is 5.02 Å². The number of esters is 1. The minimum Gasteiger partial charge on any atom is -0.493 e. The van der Waals surface area contributed by atoms with E-state index in [1.54, 1.807) is 0 Å². The van der Waals surface area contributed by atoms with E-state index in [0.29, 0.717) is 17.4 Å². The minimum atomic E-state index is -0.638. The fraction of sp³-hybridized carbons (Fsp3) is 0.600. The van der Waals surface area contributed by atoms with Gasteiger partial charge in [0.2, 0.25) is 0 Å². The summed E-state index contributed by atoms with van der Waals surface area (Å²) >= 11 is 6.10. The predicted molar refractivity (Wildman–Crippen MR) is 101 cm³/mol. The lowest BCUT2D eigenvalue weighted by Gasteiger charge is -2.28. The molecule has 2 aliphatic carbocycles. The summed E-state index contributed by atoms with van der Waals surface area (Å²) in [7, 11) is 2.91. The fourth-order valence-electron chi connectivity index (χ4n) is 4.56. The molecule has 1 aromatic rings. The number of carbonyl (C=O) groups excluding carboxylic acids is 2. The summed E-state index contributed by atoms with van der Waals surface area (Å²) in [4.78, 5) is 24.4. The van der Waals surface area contributed by atoms with E-state index in [4.69, 9.17) is 25.8 Å². The van der Waals surface area contributed by atoms with E-state index >= 15 is 0 Å². The number of hydrogen-bond donors (Lipinski definition) is 1. The molecule has 0 heterocycles. The molecule has 2 bridgehead atoms. The molecule has 27 heavy (non-hydrogen) atoms. The molecule has 0 aromatic heterocycles. The van der Waals surface area contributed by atoms with Gasteiger partial charge in [-0.25, -0.2) is 4.79 Å². The Labute approximate surface area is 164 Å². The van der Waals surface area contributed by atoms with Crippen LogP contribution >= 0.6 is 11.6 Å². The normalized spacial score (nSPS) is 24.4. The topological polar surface area (TPSA) is 73.9 Å². The number of methoxy groups -OCH3 is 2. The molecule has 2 aliphatic rings. The summed E-state index contributed by atoms with van der Waals surface area (Å²) in [5.74, 6) is 1.83. The largest absolute Gasteiger partial charge is 0.493 e. The van der Waals surface area contributed by atoms with E-state index < -0.39 is 5.97 Å². The maximum Gasteiger partial charge on any atom is 0.338 e. The van der Waals surface area contributed by atoms with Crippen LogP contribution in [0, 0.1) is 17.8 Å². The van der Waals surface area contributed by atoms with Gasteiger partial charge in [-0.1, -0.05) is 18.0 Å². The van der Waals surface area contributed by atoms with Crippen LogP contribution in [0.25, 0.3) is 0 Å². The van der Waals surface area contributed by atoms with Crippen LogP contribution in [-0.4, -0.2) is 38.7 Å². The van der Waals surface area contributed by atoms with Crippen molar-refractivity contribution < 1.29 is 23.8 Å². The number of ether oxygens (including phenoxy) is 3. The third-order valence-electron chi connectivity index (χ3n) is 5.83. The number of hydrogen-bond acceptors (Lipinski definition) is 5. The van der Waals surface area contributed by atoms with E-state index in [2.05, 4.69) is 5.32 Å². The smallest absolute Gasteiger partial charge is 0.338 e. The summed E-state index contributed by atoms with van der Waals surface area (Å²) in [5, 5.41) is 3.21. The molecule has 0 radical (unpaired) electrons. The maximum absolute atomic E-state index is 12.3. The van der Waals surface area contributed by atoms with E-state index in [9.17, 15) is 9.59 Å². The molecule has 148 valence electrons. The second-order valence-electron chi connectivity index (χ2n) is 7.46. The molecule has 4 atom stereocenters. The molecule has 2 saturated carbocycles. The number of carbonyl (C=O) groups is 2. The lowest BCUT2D eigenvalue weighted by Crippen LogP contribution is -2.42. The lowest BCUT2D eigenvalue weighted by atomic mass is 9.84. The molecular formula is C20H26ClNO5. The van der Waals surface area contributed by atoms with Gasteiger partial charge >= 0.3 is 5.97 Å². The summed E-state index contributed by atoms with van der Waals surface area (Å²) < 4.78 is 15.4. The zero-order chi connectivity index (χ0) is 19.6. The van der Waals surface area contributed by atoms with Gasteiger partial charge in [0, 0.05) is 6.04 Å². The Morgan fingerprint density at radius 1 is 1.22 bits per heavy atom. The Kier molecular flexibility index (Phi) is 6.15. The van der Waals surface area contributed by atoms with Crippen molar-refractivity contribution in [3.05, 3.63) is 22.7 Å². The van der Waals surface area contributed by atoms with Gasteiger partial charge in [0.25, 0.3) is 5.91 Å². The Bertz CT molecular complexity index is 723. The summed E-state index contributed by atoms with van der Waals surface area (Å²) in [5.41, 5.74) is 0.201. The average molecular weight is 396 g/mol. The van der Waals surface area contributed by atoms with E-state index in [0.717, 1.165) is 11.8 Å². The average Bonchev–Trinajstić information content (AvgIpc) is 3.28. The van der Waals surface area contributed by atoms with Crippen molar-refractivity contribution in [1.29, 1.82) is 0 Å². The molecule has 0 spiro atoms. The van der Waals surface area contributed by atoms with Crippen LogP contribution in [0.1, 0.15) is 43.0 Å². The second-order valence-corrected chi connectivity index (χ2v) is 7.87. The van der Waals surface area contributed by atoms with Gasteiger partial charge < -0.3 is 19.5 Å². The van der Waals surface area contributed by atoms with Crippen molar-refractivity contribution in [1.82, 2.24) is 5.32 Å². The summed E-state index contributed by atoms with van der Waals surface area (Å²) in [6, 6.07) is 3.01. The van der Waals surface area contributed by atoms with Crippen molar-refractivity contribution in [3.63, 3.8) is 0 Å². The number of amides is 1. The van der Waals surface area contributed by atoms with Crippen molar-refractivity contribution >= 4 is 23.5 Å². The number of halogens is 1. The van der Waals surface area contributed by atoms with Crippen molar-refractivity contribution in [2.24, 2.45) is 17.8 Å². The Balaban J connectivity index is 1.53. The standard InChI is InChI=1S/C20H26ClNO5/c1-11(15-7-12-4-5-13(15)6-12)22-18(23)10-27-20(24)14-8-16(21)19(26-3)17(9-14)25-2/h8-9,11-13,15H,4-7,10H2,1-3H3,(H,22,23). The molecule has 0 saturated heterocycles. The molecule has 2 fully saturated rings. The van der Waals surface area contributed by atoms with Gasteiger partial charge in [-0.15, -0.1) is 0 Å². The predicted octanol–water partition coefficient (Wildman–Crippen LogP) is 3.45. The van der Waals surface area contributed by atoms with Crippen molar-refractivity contribution in [3.8, 4) is 11.5 Å². The van der Waals surface area contributed by atoms with Crippen LogP contribution in [-0.2, 0) is 9.53 Å². The Morgan fingerprint density at radius 2 is 2.00 bits per heavy atom. The summed E-state index contributed by atoms with van der Waals surface area (Å²) in [6.45, 7) is 1.72. The molecule has 1 aromatic carbocycles. The number of nitrogens with one attached hydrogen (secondary N) is 1. The third-order valence-corrected chi connectivity index (χ3v) is 6.11. The molecule has 6 nitrogen and oxygen atoms in total. The molecule has 1 N–H and O–H groups in total. The van der Waals surface area contributed by atoms with Gasteiger partial charge in [-0.05, 0) is 56.1 Å². The second kappa shape index (κ2) is 8.38. The van der Waals surface area contributed by atoms with Crippen LogP contribution in [0.4, 0.5) is 0 Å². The lowest BCUT2D eigenvalue weighted by molar-refractivity contribution is -0.125. The molecular weight excluding hydrogens is 370 g/mol. The third kappa shape index (κ3) is 4.32. The molecule has 0 aliphatic heterocycles. The highest BCUT2D eigenvalue weighted by Gasteiger charge is 2.42. The first kappa shape index (κ1) is 19.8. The van der Waals surface area contributed by atoms with Crippen LogP contribution < -0.4 is 14.8 Å². The number of benzene rings is 1. The Morgan fingerprint density at radius 3 is 2.59 bits per heavy atom. The van der Waals surface area contributed by atoms with E-state index in [1.807, 2.05) is 6.92 Å². The highest BCUT2D eigenvalue weighted by molar-refractivity contribution is 6.32. The van der Waals surface area contributed by atoms with Crippen molar-refractivity contribution in [2.45, 2.75) is 38.6 Å². The van der Waals surface area contributed by atoms with Crippen LogP contribution in [0.15, 0.2) is 12.1 Å². The molecule has 7 heteroatoms. The monoisotopic (exact) mass is 395 g/mol. The van der Waals surface area contributed by atoms with Gasteiger partial charge in [0.15, 0.2) is 18.1 Å². The quantitative estimate of drug-likeness (QED) is 0.716. The first-order valence-corrected chi connectivity index (χ1v) is 9.68. The zero-order valence-corrected chi connectivity index (χ0v) is 16.7. The highest BCUT2D eigenvalue weighted by Crippen LogP contribution is 2.49. The van der Waals surface area contributed by atoms with E-state index in [1.165, 1.54) is 52.0 Å². The highest BCUT2D eigenvalue weighted by atomic mass is 35.5. The first-order valence-electron chi connectivity index (χ1n) is 9.31.